The minimum absolute atomic E-state index is 0.206. The number of aromatic amines is 1. The van der Waals surface area contributed by atoms with E-state index in [2.05, 4.69) is 40.8 Å². The fraction of sp³-hybridized carbons (Fsp3) is 0.444. The van der Waals surface area contributed by atoms with Gasteiger partial charge < -0.3 is 14.6 Å². The van der Waals surface area contributed by atoms with Crippen molar-refractivity contribution >= 4 is 44.5 Å². The lowest BCUT2D eigenvalue weighted by molar-refractivity contribution is 0.122. The Bertz CT molecular complexity index is 554. The van der Waals surface area contributed by atoms with Crippen LogP contribution in [-0.4, -0.2) is 46.2 Å². The molecule has 0 spiro atoms. The second-order valence-corrected chi connectivity index (χ2v) is 4.73. The molecule has 3 rings (SSSR count). The monoisotopic (exact) mass is 317 g/mol. The molecule has 90 valence electrons. The molecule has 1 aliphatic rings. The van der Waals surface area contributed by atoms with Crippen LogP contribution in [0.2, 0.25) is 5.28 Å². The largest absolute Gasteiger partial charge is 0.378 e. The first-order valence-electron chi connectivity index (χ1n) is 5.15. The first kappa shape index (κ1) is 11.2. The van der Waals surface area contributed by atoms with Crippen molar-refractivity contribution in [2.24, 2.45) is 0 Å². The van der Waals surface area contributed by atoms with Gasteiger partial charge in [-0.25, -0.2) is 4.98 Å². The Kier molecular flexibility index (Phi) is 2.89. The van der Waals surface area contributed by atoms with Crippen molar-refractivity contribution in [1.29, 1.82) is 0 Å². The molecule has 0 aliphatic carbocycles. The van der Waals surface area contributed by atoms with E-state index >= 15 is 0 Å². The molecule has 1 saturated heterocycles. The third-order valence-corrected chi connectivity index (χ3v) is 3.13. The standard InChI is InChI=1S/C9H9BrClN5O/c10-8-12-5-6(13-8)14-9(11)15-7(5)16-1-3-17-4-2-16/h1-4H2,(H,12,13,14,15). The van der Waals surface area contributed by atoms with Crippen molar-refractivity contribution in [3.05, 3.63) is 10.0 Å². The molecule has 0 saturated carbocycles. The van der Waals surface area contributed by atoms with Crippen molar-refractivity contribution < 1.29 is 4.74 Å². The molecule has 2 aromatic rings. The molecular weight excluding hydrogens is 309 g/mol. The lowest BCUT2D eigenvalue weighted by atomic mass is 10.4. The maximum Gasteiger partial charge on any atom is 0.226 e. The highest BCUT2D eigenvalue weighted by atomic mass is 79.9. The fourth-order valence-corrected chi connectivity index (χ4v) is 2.36. The third-order valence-electron chi connectivity index (χ3n) is 2.59. The Labute approximate surface area is 110 Å². The highest BCUT2D eigenvalue weighted by Gasteiger charge is 2.19. The quantitative estimate of drug-likeness (QED) is 0.639. The Morgan fingerprint density at radius 3 is 2.76 bits per heavy atom. The number of ether oxygens (including phenoxy) is 1. The first-order chi connectivity index (χ1) is 8.24. The van der Waals surface area contributed by atoms with Gasteiger partial charge in [0.25, 0.3) is 0 Å². The zero-order chi connectivity index (χ0) is 11.8. The van der Waals surface area contributed by atoms with E-state index in [-0.39, 0.29) is 5.28 Å². The van der Waals surface area contributed by atoms with E-state index in [4.69, 9.17) is 16.3 Å². The Morgan fingerprint density at radius 2 is 2.00 bits per heavy atom. The minimum Gasteiger partial charge on any atom is -0.378 e. The van der Waals surface area contributed by atoms with Crippen LogP contribution in [-0.2, 0) is 4.74 Å². The number of hydrogen-bond donors (Lipinski definition) is 1. The second-order valence-electron chi connectivity index (χ2n) is 3.64. The van der Waals surface area contributed by atoms with E-state index in [0.717, 1.165) is 24.4 Å². The van der Waals surface area contributed by atoms with Crippen LogP contribution in [0.3, 0.4) is 0 Å². The summed E-state index contributed by atoms with van der Waals surface area (Å²) in [7, 11) is 0. The fourth-order valence-electron chi connectivity index (χ4n) is 1.83. The Hall–Kier alpha value is -0.920. The summed E-state index contributed by atoms with van der Waals surface area (Å²) in [6.07, 6.45) is 0. The second kappa shape index (κ2) is 4.40. The van der Waals surface area contributed by atoms with Crippen LogP contribution in [0.5, 0.6) is 0 Å². The molecule has 0 amide bonds. The molecule has 17 heavy (non-hydrogen) atoms. The summed E-state index contributed by atoms with van der Waals surface area (Å²) in [6.45, 7) is 2.97. The number of imidazole rings is 1. The van der Waals surface area contributed by atoms with Crippen LogP contribution in [0.15, 0.2) is 4.73 Å². The van der Waals surface area contributed by atoms with Gasteiger partial charge in [-0.3, -0.25) is 0 Å². The lowest BCUT2D eigenvalue weighted by Gasteiger charge is -2.27. The molecule has 1 fully saturated rings. The SMILES string of the molecule is Clc1nc(N2CCOCC2)c2[nH]c(Br)nc2n1. The zero-order valence-electron chi connectivity index (χ0n) is 8.78. The van der Waals surface area contributed by atoms with E-state index in [9.17, 15) is 0 Å². The molecule has 0 radical (unpaired) electrons. The predicted octanol–water partition coefficient (Wildman–Crippen LogP) is 1.61. The third kappa shape index (κ3) is 2.10. The summed E-state index contributed by atoms with van der Waals surface area (Å²) in [6, 6.07) is 0. The highest BCUT2D eigenvalue weighted by molar-refractivity contribution is 9.10. The number of halogens is 2. The maximum atomic E-state index is 5.90. The van der Waals surface area contributed by atoms with Crippen LogP contribution in [0, 0.1) is 0 Å². The highest BCUT2D eigenvalue weighted by Crippen LogP contribution is 2.25. The molecule has 1 aliphatic heterocycles. The molecule has 0 atom stereocenters. The van der Waals surface area contributed by atoms with Gasteiger partial charge >= 0.3 is 0 Å². The van der Waals surface area contributed by atoms with Crippen molar-refractivity contribution in [3.63, 3.8) is 0 Å². The summed E-state index contributed by atoms with van der Waals surface area (Å²) in [4.78, 5) is 17.8. The van der Waals surface area contributed by atoms with Crippen LogP contribution < -0.4 is 4.90 Å². The normalized spacial score (nSPS) is 16.7. The van der Waals surface area contributed by atoms with Crippen molar-refractivity contribution in [2.45, 2.75) is 0 Å². The molecule has 6 nitrogen and oxygen atoms in total. The van der Waals surface area contributed by atoms with Crippen molar-refractivity contribution in [3.8, 4) is 0 Å². The zero-order valence-corrected chi connectivity index (χ0v) is 11.1. The summed E-state index contributed by atoms with van der Waals surface area (Å²) in [5.74, 6) is 0.779. The van der Waals surface area contributed by atoms with Gasteiger partial charge in [-0.1, -0.05) is 0 Å². The number of morpholine rings is 1. The van der Waals surface area contributed by atoms with E-state index in [0.29, 0.717) is 23.6 Å². The van der Waals surface area contributed by atoms with Crippen molar-refractivity contribution in [1.82, 2.24) is 19.9 Å². The molecule has 8 heteroatoms. The van der Waals surface area contributed by atoms with Crippen LogP contribution in [0.1, 0.15) is 0 Å². The van der Waals surface area contributed by atoms with Gasteiger partial charge in [-0.2, -0.15) is 9.97 Å². The summed E-state index contributed by atoms with van der Waals surface area (Å²) < 4.78 is 5.94. The number of rotatable bonds is 1. The number of anilines is 1. The van der Waals surface area contributed by atoms with Gasteiger partial charge in [0.1, 0.15) is 5.52 Å². The number of aromatic nitrogens is 4. The van der Waals surface area contributed by atoms with Gasteiger partial charge in [0, 0.05) is 13.1 Å². The number of H-pyrrole nitrogens is 1. The summed E-state index contributed by atoms with van der Waals surface area (Å²) in [5, 5.41) is 0.206. The van der Waals surface area contributed by atoms with Crippen LogP contribution in [0.25, 0.3) is 11.2 Å². The minimum atomic E-state index is 0.206. The average Bonchev–Trinajstić information content (AvgIpc) is 2.69. The van der Waals surface area contributed by atoms with Crippen molar-refractivity contribution in [2.75, 3.05) is 31.2 Å². The van der Waals surface area contributed by atoms with Crippen LogP contribution >= 0.6 is 27.5 Å². The van der Waals surface area contributed by atoms with Crippen LogP contribution in [0.4, 0.5) is 5.82 Å². The van der Waals surface area contributed by atoms with E-state index in [1.165, 1.54) is 0 Å². The molecule has 2 aromatic heterocycles. The Morgan fingerprint density at radius 1 is 1.24 bits per heavy atom. The van der Waals surface area contributed by atoms with E-state index in [1.807, 2.05) is 0 Å². The smallest absolute Gasteiger partial charge is 0.226 e. The van der Waals surface area contributed by atoms with Gasteiger partial charge in [-0.15, -0.1) is 0 Å². The Balaban J connectivity index is 2.12. The first-order valence-corrected chi connectivity index (χ1v) is 6.32. The predicted molar refractivity (Wildman–Crippen MR) is 67.4 cm³/mol. The van der Waals surface area contributed by atoms with Gasteiger partial charge in [0.2, 0.25) is 5.28 Å². The topological polar surface area (TPSA) is 66.9 Å². The summed E-state index contributed by atoms with van der Waals surface area (Å²) in [5.41, 5.74) is 1.36. The average molecular weight is 319 g/mol. The molecule has 1 N–H and O–H groups in total. The van der Waals surface area contributed by atoms with E-state index in [1.54, 1.807) is 0 Å². The lowest BCUT2D eigenvalue weighted by Crippen LogP contribution is -2.37. The van der Waals surface area contributed by atoms with E-state index < -0.39 is 0 Å². The van der Waals surface area contributed by atoms with Gasteiger partial charge in [0.15, 0.2) is 16.2 Å². The summed E-state index contributed by atoms with van der Waals surface area (Å²) >= 11 is 9.19. The number of hydrogen-bond acceptors (Lipinski definition) is 5. The van der Waals surface area contributed by atoms with Gasteiger partial charge in [-0.05, 0) is 27.5 Å². The number of fused-ring (bicyclic) bond motifs is 1. The maximum absolute atomic E-state index is 5.90. The molecule has 0 bridgehead atoms. The number of nitrogens with zero attached hydrogens (tertiary/aromatic N) is 4. The molecule has 3 heterocycles. The molecule has 0 unspecified atom stereocenters. The number of nitrogens with one attached hydrogen (secondary N) is 1. The molecule has 0 aromatic carbocycles. The van der Waals surface area contributed by atoms with Gasteiger partial charge in [0.05, 0.1) is 13.2 Å². The molecular formula is C9H9BrClN5O.